The molecule has 0 aliphatic rings. The number of fused-ring (bicyclic) bond motifs is 1. The first-order chi connectivity index (χ1) is 12.4. The van der Waals surface area contributed by atoms with E-state index in [1.165, 1.54) is 12.1 Å². The van der Waals surface area contributed by atoms with Gasteiger partial charge >= 0.3 is 11.9 Å². The summed E-state index contributed by atoms with van der Waals surface area (Å²) in [5.74, 6) is -3.01. The molecule has 0 saturated heterocycles. The van der Waals surface area contributed by atoms with E-state index in [-0.39, 0.29) is 16.7 Å². The summed E-state index contributed by atoms with van der Waals surface area (Å²) in [6, 6.07) is 11.0. The van der Waals surface area contributed by atoms with E-state index in [4.69, 9.17) is 5.11 Å². The Balaban J connectivity index is 2.26. The van der Waals surface area contributed by atoms with Gasteiger partial charge in [0.2, 0.25) is 0 Å². The molecule has 0 aliphatic heterocycles. The zero-order valence-electron chi connectivity index (χ0n) is 14.3. The number of carboxylic acid groups (broad SMARTS) is 2. The van der Waals surface area contributed by atoms with E-state index >= 15 is 0 Å². The molecule has 0 bridgehead atoms. The van der Waals surface area contributed by atoms with E-state index < -0.39 is 17.7 Å². The molecule has 2 aromatic carbocycles. The molecule has 0 amide bonds. The van der Waals surface area contributed by atoms with E-state index in [9.17, 15) is 19.5 Å². The normalized spacial score (nSPS) is 10.8. The van der Waals surface area contributed by atoms with Crippen LogP contribution in [0, 0.1) is 6.92 Å². The number of ketones is 1. The Hall–Kier alpha value is -3.41. The lowest BCUT2D eigenvalue weighted by Crippen LogP contribution is -2.12. The van der Waals surface area contributed by atoms with Crippen molar-refractivity contribution in [2.24, 2.45) is 0 Å². The molecule has 0 unspecified atom stereocenters. The lowest BCUT2D eigenvalue weighted by Gasteiger charge is -2.08. The average molecular weight is 351 g/mol. The van der Waals surface area contributed by atoms with E-state index in [0.29, 0.717) is 12.1 Å². The number of rotatable bonds is 5. The van der Waals surface area contributed by atoms with Crippen LogP contribution in [0.4, 0.5) is 0 Å². The smallest absolute Gasteiger partial charge is 0.336 e. The van der Waals surface area contributed by atoms with E-state index in [0.717, 1.165) is 22.7 Å². The van der Waals surface area contributed by atoms with E-state index in [1.807, 2.05) is 42.7 Å². The second kappa shape index (κ2) is 6.48. The van der Waals surface area contributed by atoms with Gasteiger partial charge in [0.05, 0.1) is 16.7 Å². The number of aryl methyl sites for hydroxylation is 1. The van der Waals surface area contributed by atoms with Crippen LogP contribution >= 0.6 is 0 Å². The first-order valence-corrected chi connectivity index (χ1v) is 8.10. The Morgan fingerprint density at radius 2 is 1.65 bits per heavy atom. The molecular formula is C20H17NO5. The van der Waals surface area contributed by atoms with Gasteiger partial charge in [0.1, 0.15) is 0 Å². The van der Waals surface area contributed by atoms with Crippen molar-refractivity contribution in [1.29, 1.82) is 0 Å². The summed E-state index contributed by atoms with van der Waals surface area (Å²) in [6.07, 6.45) is 0. The second-order valence-corrected chi connectivity index (χ2v) is 5.92. The molecule has 2 N–H and O–H groups in total. The summed E-state index contributed by atoms with van der Waals surface area (Å²) in [6.45, 7) is 4.46. The molecule has 0 aliphatic carbocycles. The minimum absolute atomic E-state index is 0.0235. The fourth-order valence-corrected chi connectivity index (χ4v) is 3.31. The number of hydrogen-bond acceptors (Lipinski definition) is 3. The number of carboxylic acids is 2. The molecule has 1 heterocycles. The monoisotopic (exact) mass is 351 g/mol. The fraction of sp³-hybridized carbons (Fsp3) is 0.150. The fourth-order valence-electron chi connectivity index (χ4n) is 3.31. The Kier molecular flexibility index (Phi) is 4.34. The summed E-state index contributed by atoms with van der Waals surface area (Å²) in [4.78, 5) is 35.9. The van der Waals surface area contributed by atoms with Crippen LogP contribution in [0.25, 0.3) is 10.9 Å². The molecule has 6 nitrogen and oxygen atoms in total. The van der Waals surface area contributed by atoms with Crippen molar-refractivity contribution in [3.05, 3.63) is 70.4 Å². The van der Waals surface area contributed by atoms with E-state index in [2.05, 4.69) is 0 Å². The third-order valence-corrected chi connectivity index (χ3v) is 4.52. The van der Waals surface area contributed by atoms with Gasteiger partial charge in [-0.3, -0.25) is 4.79 Å². The van der Waals surface area contributed by atoms with Gasteiger partial charge in [0.25, 0.3) is 0 Å². The number of carbonyl (C=O) groups excluding carboxylic acids is 1. The topological polar surface area (TPSA) is 96.6 Å². The highest BCUT2D eigenvalue weighted by molar-refractivity contribution is 6.20. The largest absolute Gasteiger partial charge is 0.478 e. The van der Waals surface area contributed by atoms with Gasteiger partial charge in [0, 0.05) is 28.7 Å². The van der Waals surface area contributed by atoms with E-state index in [1.54, 1.807) is 0 Å². The third kappa shape index (κ3) is 2.65. The Bertz CT molecular complexity index is 1060. The maximum Gasteiger partial charge on any atom is 0.336 e. The van der Waals surface area contributed by atoms with Gasteiger partial charge in [-0.1, -0.05) is 18.2 Å². The number of nitrogens with zero attached hydrogens (tertiary/aromatic N) is 1. The summed E-state index contributed by atoms with van der Waals surface area (Å²) < 4.78 is 1.99. The minimum Gasteiger partial charge on any atom is -0.478 e. The van der Waals surface area contributed by atoms with Crippen molar-refractivity contribution < 1.29 is 24.6 Å². The number of benzene rings is 2. The molecule has 0 saturated carbocycles. The van der Waals surface area contributed by atoms with Crippen LogP contribution < -0.4 is 0 Å². The van der Waals surface area contributed by atoms with Crippen molar-refractivity contribution in [3.63, 3.8) is 0 Å². The predicted molar refractivity (Wildman–Crippen MR) is 96.1 cm³/mol. The van der Waals surface area contributed by atoms with Gasteiger partial charge < -0.3 is 14.8 Å². The van der Waals surface area contributed by atoms with Crippen LogP contribution in [0.5, 0.6) is 0 Å². The third-order valence-electron chi connectivity index (χ3n) is 4.52. The highest BCUT2D eigenvalue weighted by Gasteiger charge is 2.25. The van der Waals surface area contributed by atoms with Crippen LogP contribution in [-0.2, 0) is 6.54 Å². The number of hydrogen-bond donors (Lipinski definition) is 2. The van der Waals surface area contributed by atoms with Crippen molar-refractivity contribution in [1.82, 2.24) is 4.57 Å². The molecular weight excluding hydrogens is 334 g/mol. The number of carbonyl (C=O) groups is 3. The average Bonchev–Trinajstić information content (AvgIpc) is 2.91. The van der Waals surface area contributed by atoms with Crippen molar-refractivity contribution in [3.8, 4) is 0 Å². The first kappa shape index (κ1) is 17.4. The Morgan fingerprint density at radius 1 is 0.962 bits per heavy atom. The molecule has 3 aromatic rings. The quantitative estimate of drug-likeness (QED) is 0.685. The maximum atomic E-state index is 13.2. The zero-order chi connectivity index (χ0) is 19.0. The zero-order valence-corrected chi connectivity index (χ0v) is 14.3. The van der Waals surface area contributed by atoms with Gasteiger partial charge in [0.15, 0.2) is 5.78 Å². The summed E-state index contributed by atoms with van der Waals surface area (Å²) in [5, 5.41) is 19.3. The molecule has 132 valence electrons. The number of aromatic carboxylic acids is 2. The van der Waals surface area contributed by atoms with Crippen LogP contribution in [0.15, 0.2) is 42.5 Å². The number of para-hydroxylation sites is 1. The molecule has 0 atom stereocenters. The molecule has 0 fully saturated rings. The molecule has 6 heteroatoms. The van der Waals surface area contributed by atoms with Crippen molar-refractivity contribution in [2.75, 3.05) is 0 Å². The first-order valence-electron chi connectivity index (χ1n) is 8.10. The van der Waals surface area contributed by atoms with Crippen LogP contribution in [0.3, 0.4) is 0 Å². The maximum absolute atomic E-state index is 13.2. The van der Waals surface area contributed by atoms with Gasteiger partial charge in [-0.15, -0.1) is 0 Å². The predicted octanol–water partition coefficient (Wildman–Crippen LogP) is 3.60. The number of aromatic nitrogens is 1. The summed E-state index contributed by atoms with van der Waals surface area (Å²) in [7, 11) is 0. The lowest BCUT2D eigenvalue weighted by atomic mass is 9.95. The van der Waals surface area contributed by atoms with Crippen LogP contribution in [0.1, 0.15) is 49.3 Å². The molecule has 26 heavy (non-hydrogen) atoms. The highest BCUT2D eigenvalue weighted by Crippen LogP contribution is 2.29. The summed E-state index contributed by atoms with van der Waals surface area (Å²) >= 11 is 0. The summed E-state index contributed by atoms with van der Waals surface area (Å²) in [5.41, 5.74) is 1.57. The van der Waals surface area contributed by atoms with Gasteiger partial charge in [-0.05, 0) is 38.1 Å². The van der Waals surface area contributed by atoms with Crippen LogP contribution in [-0.4, -0.2) is 32.5 Å². The molecule has 3 rings (SSSR count). The standard InChI is InChI=1S/C20H17NO5/c1-3-21-11(2)17(14-6-4-5-7-16(14)21)18(22)13-9-8-12(19(23)24)10-15(13)20(25)26/h4-10H,3H2,1-2H3,(H,23,24)(H,25,26). The lowest BCUT2D eigenvalue weighted by molar-refractivity contribution is 0.0692. The highest BCUT2D eigenvalue weighted by atomic mass is 16.4. The van der Waals surface area contributed by atoms with Crippen molar-refractivity contribution in [2.45, 2.75) is 20.4 Å². The SMILES string of the molecule is CCn1c(C)c(C(=O)c2ccc(C(=O)O)cc2C(=O)O)c2ccccc21. The second-order valence-electron chi connectivity index (χ2n) is 5.92. The molecule has 0 spiro atoms. The van der Waals surface area contributed by atoms with Gasteiger partial charge in [-0.2, -0.15) is 0 Å². The van der Waals surface area contributed by atoms with Gasteiger partial charge in [-0.25, -0.2) is 9.59 Å². The minimum atomic E-state index is -1.34. The van der Waals surface area contributed by atoms with Crippen molar-refractivity contribution >= 4 is 28.6 Å². The molecule has 1 aromatic heterocycles. The van der Waals surface area contributed by atoms with Crippen LogP contribution in [0.2, 0.25) is 0 Å². The molecule has 0 radical (unpaired) electrons. The Labute approximate surface area is 149 Å². The Morgan fingerprint density at radius 3 is 2.27 bits per heavy atom.